The van der Waals surface area contributed by atoms with Gasteiger partial charge in [-0.3, -0.25) is 9.59 Å². The molecule has 1 aliphatic rings. The molecule has 0 heterocycles. The van der Waals surface area contributed by atoms with Crippen LogP contribution in [0.25, 0.3) is 0 Å². The third-order valence-corrected chi connectivity index (χ3v) is 4.72. The van der Waals surface area contributed by atoms with Crippen molar-refractivity contribution in [3.05, 3.63) is 59.4 Å². The van der Waals surface area contributed by atoms with Crippen molar-refractivity contribution >= 4 is 17.5 Å². The largest absolute Gasteiger partial charge is 0.497 e. The zero-order valence-electron chi connectivity index (χ0n) is 14.9. The summed E-state index contributed by atoms with van der Waals surface area (Å²) >= 11 is 0. The molecule has 1 aliphatic carbocycles. The number of hydrogen-bond acceptors (Lipinski definition) is 4. The van der Waals surface area contributed by atoms with Crippen LogP contribution in [-0.2, 0) is 21.6 Å². The highest BCUT2D eigenvalue weighted by Crippen LogP contribution is 2.36. The Bertz CT molecular complexity index is 871. The van der Waals surface area contributed by atoms with Crippen LogP contribution in [0, 0.1) is 5.82 Å². The maximum atomic E-state index is 13.6. The Balaban J connectivity index is 1.67. The van der Waals surface area contributed by atoms with Crippen molar-refractivity contribution in [3.8, 4) is 5.75 Å². The second kappa shape index (κ2) is 7.75. The topological polar surface area (TPSA) is 87.7 Å². The van der Waals surface area contributed by atoms with E-state index in [0.717, 1.165) is 18.4 Å². The SMILES string of the molecule is COc1ccc2c(c1)CCCC2(O)CNC(=O)C(=O)Nc1ccccc1F. The van der Waals surface area contributed by atoms with E-state index in [0.29, 0.717) is 17.7 Å². The summed E-state index contributed by atoms with van der Waals surface area (Å²) < 4.78 is 18.8. The average molecular weight is 372 g/mol. The lowest BCUT2D eigenvalue weighted by molar-refractivity contribution is -0.137. The molecular weight excluding hydrogens is 351 g/mol. The van der Waals surface area contributed by atoms with Crippen molar-refractivity contribution < 1.29 is 23.8 Å². The van der Waals surface area contributed by atoms with Gasteiger partial charge in [-0.15, -0.1) is 0 Å². The summed E-state index contributed by atoms with van der Waals surface area (Å²) in [5.74, 6) is -1.86. The van der Waals surface area contributed by atoms with Gasteiger partial charge in [0.1, 0.15) is 17.2 Å². The van der Waals surface area contributed by atoms with Crippen molar-refractivity contribution in [1.82, 2.24) is 5.32 Å². The fourth-order valence-corrected chi connectivity index (χ4v) is 3.30. The van der Waals surface area contributed by atoms with Gasteiger partial charge in [-0.1, -0.05) is 18.2 Å². The summed E-state index contributed by atoms with van der Waals surface area (Å²) in [6.07, 6.45) is 2.01. The molecule has 0 aliphatic heterocycles. The lowest BCUT2D eigenvalue weighted by Crippen LogP contribution is -2.46. The third kappa shape index (κ3) is 4.09. The highest BCUT2D eigenvalue weighted by molar-refractivity contribution is 6.39. The van der Waals surface area contributed by atoms with Gasteiger partial charge in [-0.2, -0.15) is 0 Å². The number of anilines is 1. The number of carbonyl (C=O) groups excluding carboxylic acids is 2. The van der Waals surface area contributed by atoms with Gasteiger partial charge >= 0.3 is 11.8 Å². The molecule has 1 atom stereocenters. The van der Waals surface area contributed by atoms with Gasteiger partial charge in [0.15, 0.2) is 0 Å². The number of benzene rings is 2. The number of aliphatic hydroxyl groups is 1. The first-order valence-corrected chi connectivity index (χ1v) is 8.66. The van der Waals surface area contributed by atoms with E-state index in [4.69, 9.17) is 4.74 Å². The van der Waals surface area contributed by atoms with Crippen molar-refractivity contribution in [1.29, 1.82) is 0 Å². The van der Waals surface area contributed by atoms with Crippen molar-refractivity contribution in [2.75, 3.05) is 19.0 Å². The van der Waals surface area contributed by atoms with Gasteiger partial charge in [0.25, 0.3) is 0 Å². The lowest BCUT2D eigenvalue weighted by Gasteiger charge is -2.34. The molecule has 0 spiro atoms. The number of rotatable bonds is 4. The van der Waals surface area contributed by atoms with E-state index in [-0.39, 0.29) is 12.2 Å². The molecule has 2 amide bonds. The first kappa shape index (κ1) is 18.8. The molecule has 2 aromatic rings. The Morgan fingerprint density at radius 2 is 2.00 bits per heavy atom. The summed E-state index contributed by atoms with van der Waals surface area (Å²) in [7, 11) is 1.57. The van der Waals surface area contributed by atoms with Gasteiger partial charge in [-0.25, -0.2) is 4.39 Å². The Hall–Kier alpha value is -2.93. The first-order chi connectivity index (χ1) is 12.9. The van der Waals surface area contributed by atoms with Gasteiger partial charge in [-0.05, 0) is 54.7 Å². The van der Waals surface area contributed by atoms with E-state index in [1.165, 1.54) is 18.2 Å². The number of fused-ring (bicyclic) bond motifs is 1. The second-order valence-corrected chi connectivity index (χ2v) is 6.52. The molecule has 1 unspecified atom stereocenters. The molecule has 3 N–H and O–H groups in total. The van der Waals surface area contributed by atoms with Crippen LogP contribution in [0.15, 0.2) is 42.5 Å². The van der Waals surface area contributed by atoms with Gasteiger partial charge in [0.05, 0.1) is 19.3 Å². The summed E-state index contributed by atoms with van der Waals surface area (Å²) in [6.45, 7) is -0.115. The van der Waals surface area contributed by atoms with E-state index >= 15 is 0 Å². The Labute approximate surface area is 156 Å². The molecule has 6 nitrogen and oxygen atoms in total. The number of methoxy groups -OCH3 is 1. The van der Waals surface area contributed by atoms with Crippen LogP contribution in [0.2, 0.25) is 0 Å². The molecule has 0 bridgehead atoms. The zero-order chi connectivity index (χ0) is 19.4. The van der Waals surface area contributed by atoms with Crippen LogP contribution in [0.4, 0.5) is 10.1 Å². The second-order valence-electron chi connectivity index (χ2n) is 6.52. The molecule has 0 aromatic heterocycles. The van der Waals surface area contributed by atoms with Crippen LogP contribution in [0.5, 0.6) is 5.75 Å². The number of hydrogen-bond donors (Lipinski definition) is 3. The molecule has 7 heteroatoms. The monoisotopic (exact) mass is 372 g/mol. The summed E-state index contributed by atoms with van der Waals surface area (Å²) in [5.41, 5.74) is 0.317. The molecule has 2 aromatic carbocycles. The molecule has 0 fully saturated rings. The highest BCUT2D eigenvalue weighted by Gasteiger charge is 2.35. The Morgan fingerprint density at radius 3 is 2.74 bits per heavy atom. The van der Waals surface area contributed by atoms with Crippen LogP contribution < -0.4 is 15.4 Å². The van der Waals surface area contributed by atoms with E-state index in [9.17, 15) is 19.1 Å². The summed E-state index contributed by atoms with van der Waals surface area (Å²) in [6, 6.07) is 11.0. The van der Waals surface area contributed by atoms with Crippen molar-refractivity contribution in [3.63, 3.8) is 0 Å². The summed E-state index contributed by atoms with van der Waals surface area (Å²) in [5, 5.41) is 15.7. The molecule has 27 heavy (non-hydrogen) atoms. The third-order valence-electron chi connectivity index (χ3n) is 4.72. The van der Waals surface area contributed by atoms with Gasteiger partial charge in [0.2, 0.25) is 0 Å². The van der Waals surface area contributed by atoms with Gasteiger partial charge in [0, 0.05) is 0 Å². The maximum absolute atomic E-state index is 13.6. The van der Waals surface area contributed by atoms with E-state index in [1.54, 1.807) is 25.3 Å². The molecule has 142 valence electrons. The van der Waals surface area contributed by atoms with Crippen molar-refractivity contribution in [2.24, 2.45) is 0 Å². The molecular formula is C20H21FN2O4. The number of para-hydroxylation sites is 1. The van der Waals surface area contributed by atoms with E-state index in [2.05, 4.69) is 10.6 Å². The fraction of sp³-hybridized carbons (Fsp3) is 0.300. The van der Waals surface area contributed by atoms with E-state index in [1.807, 2.05) is 6.07 Å². The average Bonchev–Trinajstić information content (AvgIpc) is 2.67. The smallest absolute Gasteiger partial charge is 0.313 e. The first-order valence-electron chi connectivity index (χ1n) is 8.66. The Kier molecular flexibility index (Phi) is 5.41. The van der Waals surface area contributed by atoms with Crippen LogP contribution >= 0.6 is 0 Å². The zero-order valence-corrected chi connectivity index (χ0v) is 14.9. The summed E-state index contributed by atoms with van der Waals surface area (Å²) in [4.78, 5) is 24.1. The number of aryl methyl sites for hydroxylation is 1. The van der Waals surface area contributed by atoms with Crippen molar-refractivity contribution in [2.45, 2.75) is 24.9 Å². The number of halogens is 1. The quantitative estimate of drug-likeness (QED) is 0.718. The Morgan fingerprint density at radius 1 is 1.22 bits per heavy atom. The van der Waals surface area contributed by atoms with Crippen LogP contribution in [-0.4, -0.2) is 30.6 Å². The maximum Gasteiger partial charge on any atom is 0.313 e. The minimum Gasteiger partial charge on any atom is -0.497 e. The number of carbonyl (C=O) groups is 2. The van der Waals surface area contributed by atoms with Crippen LogP contribution in [0.3, 0.4) is 0 Å². The van der Waals surface area contributed by atoms with E-state index < -0.39 is 23.2 Å². The highest BCUT2D eigenvalue weighted by atomic mass is 19.1. The standard InChI is InChI=1S/C20H21FN2O4/c1-27-14-8-9-15-13(11-14)5-4-10-20(15,26)12-22-18(24)19(25)23-17-7-3-2-6-16(17)21/h2-3,6-9,11,26H,4-5,10,12H2,1H3,(H,22,24)(H,23,25). The molecule has 0 radical (unpaired) electrons. The minimum absolute atomic E-state index is 0.0773. The number of nitrogens with one attached hydrogen (secondary N) is 2. The molecule has 0 saturated heterocycles. The fourth-order valence-electron chi connectivity index (χ4n) is 3.30. The molecule has 3 rings (SSSR count). The number of ether oxygens (including phenoxy) is 1. The predicted octanol–water partition coefficient (Wildman–Crippen LogP) is 2.11. The van der Waals surface area contributed by atoms with Crippen LogP contribution in [0.1, 0.15) is 24.0 Å². The van der Waals surface area contributed by atoms with Gasteiger partial charge < -0.3 is 20.5 Å². The molecule has 0 saturated carbocycles. The lowest BCUT2D eigenvalue weighted by atomic mass is 9.79. The number of amides is 2. The predicted molar refractivity (Wildman–Crippen MR) is 97.9 cm³/mol. The normalized spacial score (nSPS) is 18.3. The minimum atomic E-state index is -1.27.